The maximum Gasteiger partial charge on any atom is 0.360 e. The van der Waals surface area contributed by atoms with Gasteiger partial charge in [0, 0.05) is 32.1 Å². The SMILES string of the molecule is C=CC(=O)N1CCC(C(=O)N2CCC(n3cc(C(=O)OC)nn3)C2)CC1. The first-order valence-corrected chi connectivity index (χ1v) is 8.73. The Kier molecular flexibility index (Phi) is 5.34. The van der Waals surface area contributed by atoms with E-state index >= 15 is 0 Å². The molecule has 2 amide bonds. The molecular formula is C17H23N5O4. The van der Waals surface area contributed by atoms with Crippen molar-refractivity contribution in [2.75, 3.05) is 33.3 Å². The number of piperidine rings is 1. The lowest BCUT2D eigenvalue weighted by atomic mass is 9.95. The van der Waals surface area contributed by atoms with Crippen LogP contribution in [0, 0.1) is 5.92 Å². The third kappa shape index (κ3) is 3.61. The molecule has 3 rings (SSSR count). The molecule has 1 aromatic heterocycles. The van der Waals surface area contributed by atoms with Crippen LogP contribution in [0.15, 0.2) is 18.9 Å². The second-order valence-electron chi connectivity index (χ2n) is 6.61. The Balaban J connectivity index is 1.55. The fourth-order valence-electron chi connectivity index (χ4n) is 3.55. The minimum Gasteiger partial charge on any atom is -0.464 e. The summed E-state index contributed by atoms with van der Waals surface area (Å²) in [4.78, 5) is 39.5. The van der Waals surface area contributed by atoms with Gasteiger partial charge in [-0.05, 0) is 25.3 Å². The zero-order valence-corrected chi connectivity index (χ0v) is 14.8. The predicted octanol–water partition coefficient (Wildman–Crippen LogP) is 0.263. The molecule has 9 heteroatoms. The maximum absolute atomic E-state index is 12.8. The summed E-state index contributed by atoms with van der Waals surface area (Å²) in [7, 11) is 1.30. The van der Waals surface area contributed by atoms with Gasteiger partial charge in [-0.25, -0.2) is 9.48 Å². The van der Waals surface area contributed by atoms with Gasteiger partial charge in [0.25, 0.3) is 0 Å². The standard InChI is InChI=1S/C17H23N5O4/c1-3-15(23)20-7-4-12(5-8-20)16(24)21-9-6-13(10-21)22-11-14(18-19-22)17(25)26-2/h3,11-13H,1,4-10H2,2H3. The summed E-state index contributed by atoms with van der Waals surface area (Å²) in [6.45, 7) is 5.88. The van der Waals surface area contributed by atoms with Crippen molar-refractivity contribution in [3.63, 3.8) is 0 Å². The number of aromatic nitrogens is 3. The first-order chi connectivity index (χ1) is 12.5. The molecule has 0 bridgehead atoms. The predicted molar refractivity (Wildman–Crippen MR) is 91.1 cm³/mol. The first kappa shape index (κ1) is 18.1. The van der Waals surface area contributed by atoms with E-state index in [0.717, 1.165) is 6.42 Å². The van der Waals surface area contributed by atoms with Crippen LogP contribution in [0.1, 0.15) is 35.8 Å². The molecule has 0 spiro atoms. The van der Waals surface area contributed by atoms with Gasteiger partial charge in [0.1, 0.15) is 0 Å². The molecule has 1 unspecified atom stereocenters. The second-order valence-corrected chi connectivity index (χ2v) is 6.61. The summed E-state index contributed by atoms with van der Waals surface area (Å²) >= 11 is 0. The molecule has 1 atom stereocenters. The lowest BCUT2D eigenvalue weighted by Gasteiger charge is -2.32. The molecule has 2 aliphatic rings. The third-order valence-corrected chi connectivity index (χ3v) is 5.08. The molecule has 0 radical (unpaired) electrons. The molecule has 9 nitrogen and oxygen atoms in total. The topological polar surface area (TPSA) is 97.6 Å². The molecule has 0 aromatic carbocycles. The molecule has 0 aliphatic carbocycles. The Morgan fingerprint density at radius 3 is 2.54 bits per heavy atom. The number of esters is 1. The van der Waals surface area contributed by atoms with Crippen molar-refractivity contribution in [3.8, 4) is 0 Å². The van der Waals surface area contributed by atoms with E-state index in [0.29, 0.717) is 39.0 Å². The Morgan fingerprint density at radius 2 is 1.88 bits per heavy atom. The number of likely N-dealkylation sites (tertiary alicyclic amines) is 2. The number of amides is 2. The van der Waals surface area contributed by atoms with Crippen LogP contribution in [0.25, 0.3) is 0 Å². The number of ether oxygens (including phenoxy) is 1. The van der Waals surface area contributed by atoms with Crippen LogP contribution < -0.4 is 0 Å². The summed E-state index contributed by atoms with van der Waals surface area (Å²) in [6.07, 6.45) is 4.99. The van der Waals surface area contributed by atoms with Crippen molar-refractivity contribution in [1.29, 1.82) is 0 Å². The van der Waals surface area contributed by atoms with E-state index in [-0.39, 0.29) is 29.5 Å². The van der Waals surface area contributed by atoms with E-state index in [4.69, 9.17) is 0 Å². The normalized spacial score (nSPS) is 20.9. The Morgan fingerprint density at radius 1 is 1.19 bits per heavy atom. The number of hydrogen-bond donors (Lipinski definition) is 0. The minimum atomic E-state index is -0.525. The van der Waals surface area contributed by atoms with Crippen molar-refractivity contribution in [3.05, 3.63) is 24.5 Å². The van der Waals surface area contributed by atoms with Gasteiger partial charge in [-0.15, -0.1) is 5.10 Å². The van der Waals surface area contributed by atoms with Crippen LogP contribution in [0.3, 0.4) is 0 Å². The molecule has 2 fully saturated rings. The van der Waals surface area contributed by atoms with Crippen molar-refractivity contribution in [1.82, 2.24) is 24.8 Å². The molecule has 140 valence electrons. The molecule has 2 aliphatic heterocycles. The van der Waals surface area contributed by atoms with Gasteiger partial charge in [0.15, 0.2) is 5.69 Å². The molecule has 0 N–H and O–H groups in total. The third-order valence-electron chi connectivity index (χ3n) is 5.08. The van der Waals surface area contributed by atoms with Crippen LogP contribution in [-0.2, 0) is 14.3 Å². The Bertz CT molecular complexity index is 708. The minimum absolute atomic E-state index is 0.00675. The molecular weight excluding hydrogens is 338 g/mol. The molecule has 2 saturated heterocycles. The van der Waals surface area contributed by atoms with Gasteiger partial charge in [-0.1, -0.05) is 11.8 Å². The van der Waals surface area contributed by atoms with E-state index in [1.807, 2.05) is 4.90 Å². The van der Waals surface area contributed by atoms with Gasteiger partial charge in [0.2, 0.25) is 11.8 Å². The molecule has 1 aromatic rings. The number of nitrogens with zero attached hydrogens (tertiary/aromatic N) is 5. The second kappa shape index (κ2) is 7.67. The summed E-state index contributed by atoms with van der Waals surface area (Å²) in [5.41, 5.74) is 0.163. The monoisotopic (exact) mass is 361 g/mol. The number of methoxy groups -OCH3 is 1. The zero-order chi connectivity index (χ0) is 18.7. The number of hydrogen-bond acceptors (Lipinski definition) is 6. The molecule has 26 heavy (non-hydrogen) atoms. The highest BCUT2D eigenvalue weighted by molar-refractivity contribution is 5.87. The summed E-state index contributed by atoms with van der Waals surface area (Å²) in [6, 6.07) is 0.00675. The van der Waals surface area contributed by atoms with E-state index in [1.165, 1.54) is 13.2 Å². The van der Waals surface area contributed by atoms with Crippen LogP contribution in [0.2, 0.25) is 0 Å². The fourth-order valence-corrected chi connectivity index (χ4v) is 3.55. The van der Waals surface area contributed by atoms with Crippen molar-refractivity contribution in [2.24, 2.45) is 5.92 Å². The van der Waals surface area contributed by atoms with E-state index in [9.17, 15) is 14.4 Å². The van der Waals surface area contributed by atoms with Gasteiger partial charge in [0.05, 0.1) is 19.3 Å². The quantitative estimate of drug-likeness (QED) is 0.564. The zero-order valence-electron chi connectivity index (χ0n) is 14.8. The highest BCUT2D eigenvalue weighted by Gasteiger charge is 2.34. The Hall–Kier alpha value is -2.71. The van der Waals surface area contributed by atoms with Crippen molar-refractivity contribution < 1.29 is 19.1 Å². The molecule has 0 saturated carbocycles. The van der Waals surface area contributed by atoms with Crippen LogP contribution in [-0.4, -0.2) is 75.9 Å². The van der Waals surface area contributed by atoms with Crippen LogP contribution >= 0.6 is 0 Å². The van der Waals surface area contributed by atoms with Crippen LogP contribution in [0.5, 0.6) is 0 Å². The average molecular weight is 361 g/mol. The largest absolute Gasteiger partial charge is 0.464 e. The Labute approximate surface area is 151 Å². The molecule has 3 heterocycles. The van der Waals surface area contributed by atoms with Crippen LogP contribution in [0.4, 0.5) is 0 Å². The van der Waals surface area contributed by atoms with Crippen molar-refractivity contribution >= 4 is 17.8 Å². The lowest BCUT2D eigenvalue weighted by Crippen LogP contribution is -2.43. The van der Waals surface area contributed by atoms with Crippen molar-refractivity contribution in [2.45, 2.75) is 25.3 Å². The highest BCUT2D eigenvalue weighted by Crippen LogP contribution is 2.26. The summed E-state index contributed by atoms with van der Waals surface area (Å²) in [5, 5.41) is 7.80. The number of carbonyl (C=O) groups excluding carboxylic acids is 3. The fraction of sp³-hybridized carbons (Fsp3) is 0.588. The smallest absolute Gasteiger partial charge is 0.360 e. The average Bonchev–Trinajstić information content (AvgIpc) is 3.35. The van der Waals surface area contributed by atoms with E-state index in [1.54, 1.807) is 15.8 Å². The summed E-state index contributed by atoms with van der Waals surface area (Å²) < 4.78 is 6.26. The number of rotatable bonds is 4. The maximum atomic E-state index is 12.8. The van der Waals surface area contributed by atoms with E-state index < -0.39 is 5.97 Å². The lowest BCUT2D eigenvalue weighted by molar-refractivity contribution is -0.138. The number of carbonyl (C=O) groups is 3. The van der Waals surface area contributed by atoms with Gasteiger partial charge < -0.3 is 14.5 Å². The van der Waals surface area contributed by atoms with Gasteiger partial charge in [-0.2, -0.15) is 0 Å². The first-order valence-electron chi connectivity index (χ1n) is 8.73. The summed E-state index contributed by atoms with van der Waals surface area (Å²) in [5.74, 6) is -0.525. The van der Waals surface area contributed by atoms with Gasteiger partial charge >= 0.3 is 5.97 Å². The van der Waals surface area contributed by atoms with Gasteiger partial charge in [-0.3, -0.25) is 9.59 Å². The highest BCUT2D eigenvalue weighted by atomic mass is 16.5. The van der Waals surface area contributed by atoms with E-state index in [2.05, 4.69) is 21.6 Å².